The highest BCUT2D eigenvalue weighted by Crippen LogP contribution is 2.36. The van der Waals surface area contributed by atoms with E-state index in [1.54, 1.807) is 6.07 Å². The lowest BCUT2D eigenvalue weighted by atomic mass is 9.96. The van der Waals surface area contributed by atoms with Crippen LogP contribution in [0.2, 0.25) is 10.0 Å². The molecule has 1 aromatic rings. The van der Waals surface area contributed by atoms with E-state index >= 15 is 0 Å². The highest BCUT2D eigenvalue weighted by Gasteiger charge is 2.26. The summed E-state index contributed by atoms with van der Waals surface area (Å²) in [6, 6.07) is 5.51. The molecule has 14 heavy (non-hydrogen) atoms. The SMILES string of the molecule is O[C@@H]1CCC[C@H]1c1cc(Cl)cc(Cl)c1. The van der Waals surface area contributed by atoms with Crippen LogP contribution in [0.5, 0.6) is 0 Å². The lowest BCUT2D eigenvalue weighted by Gasteiger charge is -2.15. The van der Waals surface area contributed by atoms with Gasteiger partial charge in [0.25, 0.3) is 0 Å². The van der Waals surface area contributed by atoms with Crippen LogP contribution in [0.1, 0.15) is 30.7 Å². The Hall–Kier alpha value is -0.240. The summed E-state index contributed by atoms with van der Waals surface area (Å²) in [5.74, 6) is 0.214. The van der Waals surface area contributed by atoms with E-state index in [9.17, 15) is 5.11 Å². The van der Waals surface area contributed by atoms with E-state index < -0.39 is 0 Å². The lowest BCUT2D eigenvalue weighted by molar-refractivity contribution is 0.164. The molecule has 0 spiro atoms. The highest BCUT2D eigenvalue weighted by atomic mass is 35.5. The molecular formula is C11H12Cl2O. The molecule has 0 unspecified atom stereocenters. The lowest BCUT2D eigenvalue weighted by Crippen LogP contribution is -2.10. The smallest absolute Gasteiger partial charge is 0.0608 e. The number of halogens is 2. The van der Waals surface area contributed by atoms with Crippen molar-refractivity contribution in [3.63, 3.8) is 0 Å². The zero-order valence-electron chi connectivity index (χ0n) is 7.71. The molecule has 1 nitrogen and oxygen atoms in total. The molecule has 76 valence electrons. The minimum atomic E-state index is -0.232. The standard InChI is InChI=1S/C11H12Cl2O/c12-8-4-7(5-9(13)6-8)10-2-1-3-11(10)14/h4-6,10-11,14H,1-3H2/t10-,11+/m0/s1. The third-order valence-electron chi connectivity index (χ3n) is 2.79. The fourth-order valence-corrected chi connectivity index (χ4v) is 2.66. The first kappa shape index (κ1) is 10.3. The van der Waals surface area contributed by atoms with Crippen LogP contribution in [0.15, 0.2) is 18.2 Å². The van der Waals surface area contributed by atoms with E-state index in [-0.39, 0.29) is 12.0 Å². The summed E-state index contributed by atoms with van der Waals surface area (Å²) < 4.78 is 0. The van der Waals surface area contributed by atoms with Gasteiger partial charge in [-0.3, -0.25) is 0 Å². The second kappa shape index (κ2) is 4.09. The second-order valence-electron chi connectivity index (χ2n) is 3.81. The van der Waals surface area contributed by atoms with E-state index in [0.29, 0.717) is 10.0 Å². The number of hydrogen-bond donors (Lipinski definition) is 1. The van der Waals surface area contributed by atoms with Crippen LogP contribution < -0.4 is 0 Å². The van der Waals surface area contributed by atoms with E-state index in [4.69, 9.17) is 23.2 Å². The molecule has 1 aliphatic rings. The van der Waals surface area contributed by atoms with Gasteiger partial charge in [-0.15, -0.1) is 0 Å². The monoisotopic (exact) mass is 230 g/mol. The largest absolute Gasteiger partial charge is 0.392 e. The van der Waals surface area contributed by atoms with E-state index in [1.165, 1.54) is 0 Å². The molecule has 0 heterocycles. The quantitative estimate of drug-likeness (QED) is 0.782. The molecule has 1 fully saturated rings. The van der Waals surface area contributed by atoms with Crippen LogP contribution in [-0.4, -0.2) is 11.2 Å². The predicted octanol–water partition coefficient (Wildman–Crippen LogP) is 3.62. The molecule has 2 atom stereocenters. The Balaban J connectivity index is 2.31. The van der Waals surface area contributed by atoms with E-state index in [2.05, 4.69) is 0 Å². The maximum atomic E-state index is 9.74. The van der Waals surface area contributed by atoms with Gasteiger partial charge in [-0.2, -0.15) is 0 Å². The Morgan fingerprint density at radius 3 is 2.21 bits per heavy atom. The summed E-state index contributed by atoms with van der Waals surface area (Å²) in [6.45, 7) is 0. The first-order valence-electron chi connectivity index (χ1n) is 4.81. The van der Waals surface area contributed by atoms with Crippen molar-refractivity contribution < 1.29 is 5.11 Å². The van der Waals surface area contributed by atoms with Gasteiger partial charge >= 0.3 is 0 Å². The summed E-state index contributed by atoms with van der Waals surface area (Å²) >= 11 is 11.8. The van der Waals surface area contributed by atoms with Crippen molar-refractivity contribution in [1.82, 2.24) is 0 Å². The Morgan fingerprint density at radius 1 is 1.07 bits per heavy atom. The van der Waals surface area contributed by atoms with Crippen LogP contribution >= 0.6 is 23.2 Å². The molecular weight excluding hydrogens is 219 g/mol. The Kier molecular flexibility index (Phi) is 3.01. The normalized spacial score (nSPS) is 26.8. The molecule has 3 heteroatoms. The molecule has 2 rings (SSSR count). The van der Waals surface area contributed by atoms with Gasteiger partial charge < -0.3 is 5.11 Å². The first-order valence-corrected chi connectivity index (χ1v) is 5.56. The maximum Gasteiger partial charge on any atom is 0.0608 e. The highest BCUT2D eigenvalue weighted by molar-refractivity contribution is 6.34. The average molecular weight is 231 g/mol. The number of aliphatic hydroxyl groups is 1. The minimum absolute atomic E-state index is 0.214. The fourth-order valence-electron chi connectivity index (χ4n) is 2.12. The summed E-state index contributed by atoms with van der Waals surface area (Å²) in [4.78, 5) is 0. The van der Waals surface area contributed by atoms with Gasteiger partial charge in [-0.05, 0) is 36.6 Å². The maximum absolute atomic E-state index is 9.74. The number of rotatable bonds is 1. The molecule has 1 N–H and O–H groups in total. The molecule has 1 saturated carbocycles. The molecule has 0 bridgehead atoms. The van der Waals surface area contributed by atoms with Crippen molar-refractivity contribution in [3.05, 3.63) is 33.8 Å². The third-order valence-corrected chi connectivity index (χ3v) is 3.23. The summed E-state index contributed by atoms with van der Waals surface area (Å²) in [7, 11) is 0. The van der Waals surface area contributed by atoms with E-state index in [1.807, 2.05) is 12.1 Å². The van der Waals surface area contributed by atoms with Gasteiger partial charge in [-0.25, -0.2) is 0 Å². The predicted molar refractivity (Wildman–Crippen MR) is 59.1 cm³/mol. The molecule has 1 aliphatic carbocycles. The van der Waals surface area contributed by atoms with Gasteiger partial charge in [0, 0.05) is 16.0 Å². The van der Waals surface area contributed by atoms with Crippen molar-refractivity contribution >= 4 is 23.2 Å². The number of aliphatic hydroxyl groups excluding tert-OH is 1. The Morgan fingerprint density at radius 2 is 1.71 bits per heavy atom. The van der Waals surface area contributed by atoms with Crippen LogP contribution in [0.3, 0.4) is 0 Å². The van der Waals surface area contributed by atoms with Crippen molar-refractivity contribution in [3.8, 4) is 0 Å². The molecule has 0 saturated heterocycles. The Labute approximate surface area is 93.7 Å². The summed E-state index contributed by atoms with van der Waals surface area (Å²) in [6.07, 6.45) is 2.76. The zero-order chi connectivity index (χ0) is 10.1. The molecule has 0 aromatic heterocycles. The second-order valence-corrected chi connectivity index (χ2v) is 4.68. The van der Waals surface area contributed by atoms with Crippen LogP contribution in [-0.2, 0) is 0 Å². The van der Waals surface area contributed by atoms with Gasteiger partial charge in [0.15, 0.2) is 0 Å². The van der Waals surface area contributed by atoms with Crippen LogP contribution in [0.4, 0.5) is 0 Å². The van der Waals surface area contributed by atoms with Gasteiger partial charge in [-0.1, -0.05) is 29.6 Å². The zero-order valence-corrected chi connectivity index (χ0v) is 9.22. The number of benzene rings is 1. The molecule has 1 aromatic carbocycles. The average Bonchev–Trinajstić information content (AvgIpc) is 2.49. The van der Waals surface area contributed by atoms with Crippen molar-refractivity contribution in [2.75, 3.05) is 0 Å². The fraction of sp³-hybridized carbons (Fsp3) is 0.455. The first-order chi connectivity index (χ1) is 6.66. The van der Waals surface area contributed by atoms with Crippen molar-refractivity contribution in [2.24, 2.45) is 0 Å². The van der Waals surface area contributed by atoms with Crippen molar-refractivity contribution in [2.45, 2.75) is 31.3 Å². The molecule has 0 aliphatic heterocycles. The van der Waals surface area contributed by atoms with Crippen molar-refractivity contribution in [1.29, 1.82) is 0 Å². The Bertz CT molecular complexity index is 318. The van der Waals surface area contributed by atoms with Crippen LogP contribution in [0, 0.1) is 0 Å². The topological polar surface area (TPSA) is 20.2 Å². The molecule has 0 amide bonds. The number of hydrogen-bond acceptors (Lipinski definition) is 1. The van der Waals surface area contributed by atoms with Gasteiger partial charge in [0.2, 0.25) is 0 Å². The van der Waals surface area contributed by atoms with Gasteiger partial charge in [0.05, 0.1) is 6.10 Å². The van der Waals surface area contributed by atoms with Gasteiger partial charge in [0.1, 0.15) is 0 Å². The minimum Gasteiger partial charge on any atom is -0.392 e. The van der Waals surface area contributed by atoms with Crippen LogP contribution in [0.25, 0.3) is 0 Å². The molecule has 0 radical (unpaired) electrons. The summed E-state index contributed by atoms with van der Waals surface area (Å²) in [5.41, 5.74) is 1.06. The van der Waals surface area contributed by atoms with E-state index in [0.717, 1.165) is 24.8 Å². The summed E-state index contributed by atoms with van der Waals surface area (Å²) in [5, 5.41) is 11.0. The third kappa shape index (κ3) is 2.05.